The van der Waals surface area contributed by atoms with Gasteiger partial charge in [0, 0.05) is 19.5 Å². The molecule has 1 rings (SSSR count). The first-order chi connectivity index (χ1) is 9.54. The van der Waals surface area contributed by atoms with Crippen LogP contribution in [-0.2, 0) is 24.0 Å². The fourth-order valence-corrected chi connectivity index (χ4v) is 1.75. The van der Waals surface area contributed by atoms with Gasteiger partial charge in [0.1, 0.15) is 6.10 Å². The van der Waals surface area contributed by atoms with E-state index in [1.54, 1.807) is 0 Å². The maximum atomic E-state index is 11.9. The van der Waals surface area contributed by atoms with Crippen molar-refractivity contribution in [1.82, 2.24) is 4.90 Å². The molecule has 0 saturated carbocycles. The van der Waals surface area contributed by atoms with Crippen LogP contribution in [0, 0.1) is 0 Å². The molecule has 9 nitrogen and oxygen atoms in total. The van der Waals surface area contributed by atoms with E-state index in [0.717, 1.165) is 0 Å². The number of rotatable bonds is 9. The summed E-state index contributed by atoms with van der Waals surface area (Å²) >= 11 is 0. The van der Waals surface area contributed by atoms with E-state index >= 15 is 0 Å². The van der Waals surface area contributed by atoms with Gasteiger partial charge < -0.3 is 24.6 Å². The van der Waals surface area contributed by atoms with Gasteiger partial charge in [0.05, 0.1) is 26.2 Å². The van der Waals surface area contributed by atoms with Gasteiger partial charge in [-0.1, -0.05) is 0 Å². The summed E-state index contributed by atoms with van der Waals surface area (Å²) in [6.07, 6.45) is -2.32. The van der Waals surface area contributed by atoms with Crippen molar-refractivity contribution in [2.45, 2.75) is 25.2 Å². The van der Waals surface area contributed by atoms with E-state index in [1.165, 1.54) is 4.90 Å². The Hall–Kier alpha value is -1.26. The fourth-order valence-electron chi connectivity index (χ4n) is 1.75. The summed E-state index contributed by atoms with van der Waals surface area (Å²) in [5, 5.41) is 26.1. The third-order valence-electron chi connectivity index (χ3n) is 2.75. The highest BCUT2D eigenvalue weighted by Gasteiger charge is 2.31. The number of nitrogens with zero attached hydrogens (tertiary/aromatic N) is 1. The van der Waals surface area contributed by atoms with E-state index in [-0.39, 0.29) is 39.2 Å². The highest BCUT2D eigenvalue weighted by Crippen LogP contribution is 2.10. The van der Waals surface area contributed by atoms with Crippen molar-refractivity contribution in [1.29, 1.82) is 0 Å². The second-order valence-electron chi connectivity index (χ2n) is 4.23. The molecule has 1 heterocycles. The monoisotopic (exact) mass is 293 g/mol. The summed E-state index contributed by atoms with van der Waals surface area (Å²) in [6.45, 7) is 0.893. The molecule has 116 valence electrons. The lowest BCUT2D eigenvalue weighted by molar-refractivity contribution is -0.253. The van der Waals surface area contributed by atoms with Gasteiger partial charge >= 0.3 is 5.97 Å². The summed E-state index contributed by atoms with van der Waals surface area (Å²) < 4.78 is 10.1. The Morgan fingerprint density at radius 1 is 1.50 bits per heavy atom. The highest BCUT2D eigenvalue weighted by atomic mass is 17.1. The van der Waals surface area contributed by atoms with Gasteiger partial charge in [-0.2, -0.15) is 0 Å². The van der Waals surface area contributed by atoms with Crippen LogP contribution in [0.1, 0.15) is 12.8 Å². The second-order valence-corrected chi connectivity index (χ2v) is 4.23. The Morgan fingerprint density at radius 3 is 2.90 bits per heavy atom. The summed E-state index contributed by atoms with van der Waals surface area (Å²) in [5.41, 5.74) is 0. The SMILES string of the molecule is O=C(O)CC1OCCN(CCOC(O)CCOO)C1=O. The van der Waals surface area contributed by atoms with Crippen LogP contribution < -0.4 is 0 Å². The normalized spacial score (nSPS) is 21.0. The molecular weight excluding hydrogens is 274 g/mol. The third kappa shape index (κ3) is 5.80. The van der Waals surface area contributed by atoms with E-state index in [0.29, 0.717) is 6.54 Å². The molecule has 3 N–H and O–H groups in total. The molecule has 0 bridgehead atoms. The predicted octanol–water partition coefficient (Wildman–Crippen LogP) is -1.10. The Balaban J connectivity index is 2.28. The van der Waals surface area contributed by atoms with E-state index in [4.69, 9.17) is 19.8 Å². The lowest BCUT2D eigenvalue weighted by Crippen LogP contribution is -2.49. The zero-order valence-corrected chi connectivity index (χ0v) is 10.9. The van der Waals surface area contributed by atoms with Crippen LogP contribution in [0.15, 0.2) is 0 Å². The molecule has 1 saturated heterocycles. The molecule has 0 radical (unpaired) electrons. The average molecular weight is 293 g/mol. The standard InChI is InChI=1S/C11H19NO8/c13-9(14)7-8-11(16)12(2-5-18-8)3-6-19-10(15)1-4-20-17/h8,10,15,17H,1-7H2,(H,13,14). The molecule has 2 unspecified atom stereocenters. The molecule has 20 heavy (non-hydrogen) atoms. The molecule has 0 aromatic carbocycles. The zero-order chi connectivity index (χ0) is 15.0. The Kier molecular flexibility index (Phi) is 7.41. The first-order valence-corrected chi connectivity index (χ1v) is 6.22. The van der Waals surface area contributed by atoms with Crippen molar-refractivity contribution in [3.8, 4) is 0 Å². The molecule has 0 aromatic heterocycles. The summed E-state index contributed by atoms with van der Waals surface area (Å²) in [6, 6.07) is 0. The van der Waals surface area contributed by atoms with Crippen LogP contribution in [-0.4, -0.2) is 77.6 Å². The topological polar surface area (TPSA) is 126 Å². The number of carboxylic acid groups (broad SMARTS) is 1. The number of hydrogen-bond acceptors (Lipinski definition) is 7. The number of ether oxygens (including phenoxy) is 2. The molecule has 1 fully saturated rings. The predicted molar refractivity (Wildman–Crippen MR) is 63.7 cm³/mol. The van der Waals surface area contributed by atoms with Crippen molar-refractivity contribution >= 4 is 11.9 Å². The molecule has 1 aliphatic heterocycles. The van der Waals surface area contributed by atoms with Crippen molar-refractivity contribution in [3.63, 3.8) is 0 Å². The summed E-state index contributed by atoms with van der Waals surface area (Å²) in [7, 11) is 0. The van der Waals surface area contributed by atoms with E-state index in [9.17, 15) is 14.7 Å². The van der Waals surface area contributed by atoms with Crippen molar-refractivity contribution in [3.05, 3.63) is 0 Å². The lowest BCUT2D eigenvalue weighted by Gasteiger charge is -2.31. The number of carboxylic acids is 1. The van der Waals surface area contributed by atoms with E-state index in [2.05, 4.69) is 4.89 Å². The van der Waals surface area contributed by atoms with Gasteiger partial charge in [0.2, 0.25) is 0 Å². The lowest BCUT2D eigenvalue weighted by atomic mass is 10.2. The van der Waals surface area contributed by atoms with Crippen molar-refractivity contribution < 1.29 is 39.4 Å². The Morgan fingerprint density at radius 2 is 2.25 bits per heavy atom. The van der Waals surface area contributed by atoms with E-state index in [1.807, 2.05) is 0 Å². The van der Waals surface area contributed by atoms with Gasteiger partial charge in [0.25, 0.3) is 5.91 Å². The summed E-state index contributed by atoms with van der Waals surface area (Å²) in [5.74, 6) is -1.49. The molecule has 9 heteroatoms. The zero-order valence-electron chi connectivity index (χ0n) is 10.9. The number of aliphatic hydroxyl groups excluding tert-OH is 1. The highest BCUT2D eigenvalue weighted by molar-refractivity contribution is 5.85. The van der Waals surface area contributed by atoms with Crippen LogP contribution >= 0.6 is 0 Å². The van der Waals surface area contributed by atoms with E-state index < -0.39 is 24.3 Å². The molecule has 0 aliphatic carbocycles. The number of carbonyl (C=O) groups excluding carboxylic acids is 1. The smallest absolute Gasteiger partial charge is 0.306 e. The molecular formula is C11H19NO8. The number of aliphatic carboxylic acids is 1. The van der Waals surface area contributed by atoms with Crippen LogP contribution in [0.3, 0.4) is 0 Å². The number of morpholine rings is 1. The fraction of sp³-hybridized carbons (Fsp3) is 0.818. The minimum atomic E-state index is -1.10. The molecule has 2 atom stereocenters. The maximum Gasteiger partial charge on any atom is 0.306 e. The first-order valence-electron chi connectivity index (χ1n) is 6.22. The number of amides is 1. The van der Waals surface area contributed by atoms with Gasteiger partial charge in [-0.25, -0.2) is 4.89 Å². The molecule has 0 aromatic rings. The van der Waals surface area contributed by atoms with Crippen LogP contribution in [0.5, 0.6) is 0 Å². The van der Waals surface area contributed by atoms with Crippen molar-refractivity contribution in [2.75, 3.05) is 32.9 Å². The van der Waals surface area contributed by atoms with Gasteiger partial charge in [-0.05, 0) is 0 Å². The number of aliphatic hydroxyl groups is 1. The van der Waals surface area contributed by atoms with Gasteiger partial charge in [0.15, 0.2) is 6.29 Å². The quantitative estimate of drug-likeness (QED) is 0.278. The summed E-state index contributed by atoms with van der Waals surface area (Å²) in [4.78, 5) is 27.7. The van der Waals surface area contributed by atoms with Crippen molar-refractivity contribution in [2.24, 2.45) is 0 Å². The Labute approximate surface area is 115 Å². The van der Waals surface area contributed by atoms with Gasteiger partial charge in [-0.15, -0.1) is 0 Å². The largest absolute Gasteiger partial charge is 0.481 e. The minimum Gasteiger partial charge on any atom is -0.481 e. The first kappa shape index (κ1) is 16.8. The van der Waals surface area contributed by atoms with Gasteiger partial charge in [-0.3, -0.25) is 14.8 Å². The molecule has 1 amide bonds. The number of hydrogen-bond donors (Lipinski definition) is 3. The van der Waals surface area contributed by atoms with Crippen LogP contribution in [0.25, 0.3) is 0 Å². The number of carbonyl (C=O) groups is 2. The Bertz CT molecular complexity index is 324. The second kappa shape index (κ2) is 8.82. The molecule has 0 spiro atoms. The van der Waals surface area contributed by atoms with Crippen LogP contribution in [0.2, 0.25) is 0 Å². The molecule has 1 aliphatic rings. The third-order valence-corrected chi connectivity index (χ3v) is 2.75. The maximum absolute atomic E-state index is 11.9. The minimum absolute atomic E-state index is 0.0572. The average Bonchev–Trinajstić information content (AvgIpc) is 2.40. The van der Waals surface area contributed by atoms with Crippen LogP contribution in [0.4, 0.5) is 0 Å².